The quantitative estimate of drug-likeness (QED) is 0.863. The van der Waals surface area contributed by atoms with E-state index in [0.29, 0.717) is 0 Å². The number of rotatable bonds is 6. The molecule has 1 N–H and O–H groups in total. The van der Waals surface area contributed by atoms with E-state index in [1.54, 1.807) is 0 Å². The van der Waals surface area contributed by atoms with E-state index < -0.39 is 0 Å². The van der Waals surface area contributed by atoms with Crippen LogP contribution in [0.2, 0.25) is 0 Å². The highest BCUT2D eigenvalue weighted by Gasteiger charge is 2.23. The highest BCUT2D eigenvalue weighted by molar-refractivity contribution is 7.11. The Balaban J connectivity index is 1.52. The first-order chi connectivity index (χ1) is 9.35. The van der Waals surface area contributed by atoms with E-state index in [1.165, 1.54) is 33.9 Å². The van der Waals surface area contributed by atoms with E-state index in [1.807, 2.05) is 17.5 Å². The summed E-state index contributed by atoms with van der Waals surface area (Å²) in [6.07, 6.45) is 5.82. The topological polar surface area (TPSA) is 24.9 Å². The predicted octanol–water partition coefficient (Wildman–Crippen LogP) is 3.87. The van der Waals surface area contributed by atoms with Gasteiger partial charge in [0, 0.05) is 24.2 Å². The van der Waals surface area contributed by atoms with Crippen molar-refractivity contribution in [2.75, 3.05) is 0 Å². The molecule has 0 unspecified atom stereocenters. The second-order valence-electron chi connectivity index (χ2n) is 5.20. The Morgan fingerprint density at radius 1 is 1.32 bits per heavy atom. The smallest absolute Gasteiger partial charge is 0.107 e. The fraction of sp³-hybridized carbons (Fsp3) is 0.438. The van der Waals surface area contributed by atoms with Gasteiger partial charge in [-0.3, -0.25) is 0 Å². The molecule has 0 radical (unpaired) electrons. The van der Waals surface area contributed by atoms with Gasteiger partial charge in [-0.1, -0.05) is 31.2 Å². The van der Waals surface area contributed by atoms with Crippen molar-refractivity contribution >= 4 is 11.3 Å². The minimum atomic E-state index is 0.839. The Bertz CT molecular complexity index is 543. The predicted molar refractivity (Wildman–Crippen MR) is 80.5 cm³/mol. The first-order valence-electron chi connectivity index (χ1n) is 7.08. The van der Waals surface area contributed by atoms with Gasteiger partial charge >= 0.3 is 0 Å². The van der Waals surface area contributed by atoms with Gasteiger partial charge in [0.25, 0.3) is 0 Å². The van der Waals surface area contributed by atoms with Crippen molar-refractivity contribution in [3.05, 3.63) is 51.5 Å². The number of hydrogen-bond acceptors (Lipinski definition) is 3. The van der Waals surface area contributed by atoms with E-state index in [-0.39, 0.29) is 0 Å². The van der Waals surface area contributed by atoms with Gasteiger partial charge in [-0.25, -0.2) is 4.98 Å². The second kappa shape index (κ2) is 5.85. The molecule has 1 aromatic carbocycles. The number of thiazole rings is 1. The van der Waals surface area contributed by atoms with Gasteiger partial charge in [0.15, 0.2) is 0 Å². The van der Waals surface area contributed by atoms with Gasteiger partial charge in [0.05, 0.1) is 0 Å². The van der Waals surface area contributed by atoms with E-state index in [9.17, 15) is 0 Å². The van der Waals surface area contributed by atoms with Gasteiger partial charge in [-0.2, -0.15) is 0 Å². The highest BCUT2D eigenvalue weighted by Crippen LogP contribution is 2.40. The monoisotopic (exact) mass is 272 g/mol. The Hall–Kier alpha value is -1.19. The van der Waals surface area contributed by atoms with Crippen LogP contribution >= 0.6 is 11.3 Å². The molecule has 3 rings (SSSR count). The Labute approximate surface area is 118 Å². The van der Waals surface area contributed by atoms with Crippen molar-refractivity contribution in [1.29, 1.82) is 0 Å². The molecule has 1 fully saturated rings. The molecule has 100 valence electrons. The Morgan fingerprint density at radius 2 is 2.21 bits per heavy atom. The number of nitrogens with zero attached hydrogens (tertiary/aromatic N) is 1. The van der Waals surface area contributed by atoms with Gasteiger partial charge in [-0.05, 0) is 36.3 Å². The fourth-order valence-corrected chi connectivity index (χ4v) is 3.11. The summed E-state index contributed by atoms with van der Waals surface area (Å²) < 4.78 is 0. The molecule has 1 aromatic heterocycles. The van der Waals surface area contributed by atoms with Crippen molar-refractivity contribution in [2.24, 2.45) is 0 Å². The maximum Gasteiger partial charge on any atom is 0.107 e. The molecule has 0 amide bonds. The molecule has 2 aromatic rings. The van der Waals surface area contributed by atoms with E-state index in [0.717, 1.165) is 25.4 Å². The summed E-state index contributed by atoms with van der Waals surface area (Å²) in [4.78, 5) is 5.80. The zero-order valence-corrected chi connectivity index (χ0v) is 12.2. The summed E-state index contributed by atoms with van der Waals surface area (Å²) in [6, 6.07) is 9.00. The van der Waals surface area contributed by atoms with Crippen LogP contribution in [0.25, 0.3) is 0 Å². The zero-order valence-electron chi connectivity index (χ0n) is 11.4. The molecule has 0 aliphatic heterocycles. The molecule has 1 aliphatic carbocycles. The molecule has 19 heavy (non-hydrogen) atoms. The van der Waals surface area contributed by atoms with Crippen LogP contribution in [0.15, 0.2) is 30.5 Å². The minimum Gasteiger partial charge on any atom is -0.306 e. The van der Waals surface area contributed by atoms with Crippen molar-refractivity contribution in [3.8, 4) is 0 Å². The van der Waals surface area contributed by atoms with Crippen LogP contribution in [0.5, 0.6) is 0 Å². The third-order valence-corrected chi connectivity index (χ3v) is 4.70. The van der Waals surface area contributed by atoms with Crippen molar-refractivity contribution in [2.45, 2.75) is 45.2 Å². The summed E-state index contributed by atoms with van der Waals surface area (Å²) in [6.45, 7) is 3.98. The van der Waals surface area contributed by atoms with Crippen LogP contribution in [0, 0.1) is 0 Å². The molecule has 0 spiro atoms. The van der Waals surface area contributed by atoms with Crippen LogP contribution in [-0.4, -0.2) is 4.98 Å². The average Bonchev–Trinajstić information content (AvgIpc) is 3.19. The van der Waals surface area contributed by atoms with Gasteiger partial charge in [-0.15, -0.1) is 11.3 Å². The molecular formula is C16H20N2S. The Kier molecular flexibility index (Phi) is 3.95. The van der Waals surface area contributed by atoms with Crippen LogP contribution in [-0.2, 0) is 19.5 Å². The standard InChI is InChI=1S/C16H20N2S/c1-2-15-10-18-16(19-15)11-17-9-12-4-3-5-14(8-12)13-6-7-13/h3-5,8,10,13,17H,2,6-7,9,11H2,1H3. The third kappa shape index (κ3) is 3.43. The summed E-state index contributed by atoms with van der Waals surface area (Å²) in [5.41, 5.74) is 2.90. The van der Waals surface area contributed by atoms with Crippen LogP contribution in [0.3, 0.4) is 0 Å². The van der Waals surface area contributed by atoms with E-state index in [4.69, 9.17) is 0 Å². The summed E-state index contributed by atoms with van der Waals surface area (Å²) in [7, 11) is 0. The molecule has 2 nitrogen and oxygen atoms in total. The lowest BCUT2D eigenvalue weighted by Crippen LogP contribution is -2.12. The average molecular weight is 272 g/mol. The SMILES string of the molecule is CCc1cnc(CNCc2cccc(C3CC3)c2)s1. The first-order valence-corrected chi connectivity index (χ1v) is 7.90. The van der Waals surface area contributed by atoms with E-state index in [2.05, 4.69) is 41.5 Å². The lowest BCUT2D eigenvalue weighted by Gasteiger charge is -2.05. The molecule has 1 aliphatic rings. The Morgan fingerprint density at radius 3 is 2.95 bits per heavy atom. The number of nitrogens with one attached hydrogen (secondary N) is 1. The minimum absolute atomic E-state index is 0.839. The molecule has 3 heteroatoms. The van der Waals surface area contributed by atoms with Gasteiger partial charge < -0.3 is 5.32 Å². The molecule has 0 atom stereocenters. The first kappa shape index (κ1) is 12.8. The second-order valence-corrected chi connectivity index (χ2v) is 6.40. The number of benzene rings is 1. The lowest BCUT2D eigenvalue weighted by molar-refractivity contribution is 0.689. The summed E-state index contributed by atoms with van der Waals surface area (Å²) >= 11 is 1.81. The van der Waals surface area contributed by atoms with Crippen LogP contribution in [0.1, 0.15) is 46.7 Å². The van der Waals surface area contributed by atoms with Gasteiger partial charge in [0.1, 0.15) is 5.01 Å². The zero-order chi connectivity index (χ0) is 13.1. The lowest BCUT2D eigenvalue weighted by atomic mass is 10.1. The van der Waals surface area contributed by atoms with Crippen molar-refractivity contribution < 1.29 is 0 Å². The normalized spacial score (nSPS) is 14.8. The maximum atomic E-state index is 4.43. The molecule has 1 saturated carbocycles. The number of aromatic nitrogens is 1. The van der Waals surface area contributed by atoms with Crippen LogP contribution < -0.4 is 5.32 Å². The number of aryl methyl sites for hydroxylation is 1. The highest BCUT2D eigenvalue weighted by atomic mass is 32.1. The molecule has 0 saturated heterocycles. The third-order valence-electron chi connectivity index (χ3n) is 3.56. The van der Waals surface area contributed by atoms with E-state index >= 15 is 0 Å². The molecule has 1 heterocycles. The number of hydrogen-bond donors (Lipinski definition) is 1. The van der Waals surface area contributed by atoms with Gasteiger partial charge in [0.2, 0.25) is 0 Å². The largest absolute Gasteiger partial charge is 0.306 e. The van der Waals surface area contributed by atoms with Crippen molar-refractivity contribution in [1.82, 2.24) is 10.3 Å². The summed E-state index contributed by atoms with van der Waals surface area (Å²) in [5.74, 6) is 0.839. The summed E-state index contributed by atoms with van der Waals surface area (Å²) in [5, 5.41) is 4.68. The maximum absolute atomic E-state index is 4.43. The molecule has 0 bridgehead atoms. The fourth-order valence-electron chi connectivity index (χ4n) is 2.28. The van der Waals surface area contributed by atoms with Crippen LogP contribution in [0.4, 0.5) is 0 Å². The molecular weight excluding hydrogens is 252 g/mol. The van der Waals surface area contributed by atoms with Crippen molar-refractivity contribution in [3.63, 3.8) is 0 Å².